The zero-order valence-electron chi connectivity index (χ0n) is 20.2. The molecule has 8 nitrogen and oxygen atoms in total. The van der Waals surface area contributed by atoms with E-state index < -0.39 is 24.0 Å². The normalized spacial score (nSPS) is 15.0. The molecule has 5 rings (SSSR count). The van der Waals surface area contributed by atoms with Gasteiger partial charge in [-0.3, -0.25) is 14.5 Å². The van der Waals surface area contributed by atoms with Crippen LogP contribution in [0.4, 0.5) is 5.69 Å². The molecule has 0 aliphatic carbocycles. The number of hydrogen-bond donors (Lipinski definition) is 2. The van der Waals surface area contributed by atoms with Crippen LogP contribution in [0.2, 0.25) is 0 Å². The van der Waals surface area contributed by atoms with E-state index in [4.69, 9.17) is 13.9 Å². The third-order valence-electron chi connectivity index (χ3n) is 5.98. The van der Waals surface area contributed by atoms with E-state index in [9.17, 15) is 14.7 Å². The first-order chi connectivity index (χ1) is 18.0. The van der Waals surface area contributed by atoms with Crippen molar-refractivity contribution in [3.05, 3.63) is 108 Å². The van der Waals surface area contributed by atoms with Crippen molar-refractivity contribution in [2.75, 3.05) is 11.5 Å². The van der Waals surface area contributed by atoms with Gasteiger partial charge in [-0.15, -0.1) is 0 Å². The van der Waals surface area contributed by atoms with Crippen molar-refractivity contribution in [3.63, 3.8) is 0 Å². The molecule has 0 fully saturated rings. The molecule has 1 aliphatic rings. The molecule has 0 spiro atoms. The molecular weight excluding hydrogens is 472 g/mol. The summed E-state index contributed by atoms with van der Waals surface area (Å²) in [5.41, 5.74) is 1.21. The zero-order chi connectivity index (χ0) is 25.8. The van der Waals surface area contributed by atoms with E-state index in [1.54, 1.807) is 49.4 Å². The fraction of sp³-hybridized carbons (Fsp3) is 0.172. The number of furan rings is 1. The molecule has 0 saturated carbocycles. The molecule has 1 aromatic heterocycles. The molecular formula is C29H26N2O6. The van der Waals surface area contributed by atoms with E-state index in [-0.39, 0.29) is 24.7 Å². The Morgan fingerprint density at radius 3 is 2.46 bits per heavy atom. The van der Waals surface area contributed by atoms with Gasteiger partial charge < -0.3 is 24.3 Å². The highest BCUT2D eigenvalue weighted by atomic mass is 16.6. The minimum atomic E-state index is -1.17. The Hall–Kier alpha value is -4.72. The minimum Gasteiger partial charge on any atom is -0.508 e. The van der Waals surface area contributed by atoms with Gasteiger partial charge in [-0.25, -0.2) is 0 Å². The fourth-order valence-electron chi connectivity index (χ4n) is 4.20. The van der Waals surface area contributed by atoms with Gasteiger partial charge in [0, 0.05) is 18.3 Å². The molecule has 2 heterocycles. The number of rotatable bonds is 7. The number of nitrogens with one attached hydrogen (secondary N) is 1. The molecule has 8 heteroatoms. The van der Waals surface area contributed by atoms with Gasteiger partial charge >= 0.3 is 0 Å². The number of aryl methyl sites for hydroxylation is 1. The number of fused-ring (bicyclic) bond motifs is 1. The Balaban J connectivity index is 1.52. The van der Waals surface area contributed by atoms with E-state index in [2.05, 4.69) is 5.32 Å². The maximum absolute atomic E-state index is 14.0. The second-order valence-corrected chi connectivity index (χ2v) is 8.65. The van der Waals surface area contributed by atoms with Crippen LogP contribution in [-0.4, -0.2) is 29.6 Å². The molecule has 2 atom stereocenters. The number of para-hydroxylation sites is 2. The lowest BCUT2D eigenvalue weighted by Crippen LogP contribution is -2.51. The Morgan fingerprint density at radius 2 is 1.73 bits per heavy atom. The number of phenols is 1. The summed E-state index contributed by atoms with van der Waals surface area (Å²) in [5.74, 6) is 0.806. The second kappa shape index (κ2) is 10.5. The highest BCUT2D eigenvalue weighted by Crippen LogP contribution is 2.35. The first-order valence-electron chi connectivity index (χ1n) is 11.9. The Morgan fingerprint density at radius 1 is 0.973 bits per heavy atom. The molecule has 1 aliphatic heterocycles. The second-order valence-electron chi connectivity index (χ2n) is 8.65. The summed E-state index contributed by atoms with van der Waals surface area (Å²) in [5, 5.41) is 13.1. The number of carbonyl (C=O) groups is 2. The summed E-state index contributed by atoms with van der Waals surface area (Å²) in [6, 6.07) is 24.9. The lowest BCUT2D eigenvalue weighted by Gasteiger charge is -2.34. The lowest BCUT2D eigenvalue weighted by molar-refractivity contribution is -0.132. The van der Waals surface area contributed by atoms with Crippen LogP contribution in [0.3, 0.4) is 0 Å². The zero-order valence-corrected chi connectivity index (χ0v) is 20.2. The summed E-state index contributed by atoms with van der Waals surface area (Å²) in [6.45, 7) is 1.98. The smallest absolute Gasteiger partial charge is 0.272 e. The number of carbonyl (C=O) groups excluding carboxylic acids is 2. The molecule has 3 aromatic carbocycles. The van der Waals surface area contributed by atoms with Crippen LogP contribution in [0.25, 0.3) is 0 Å². The van der Waals surface area contributed by atoms with Crippen LogP contribution < -0.4 is 19.7 Å². The van der Waals surface area contributed by atoms with Gasteiger partial charge in [-0.2, -0.15) is 0 Å². The predicted molar refractivity (Wildman–Crippen MR) is 136 cm³/mol. The number of aromatic hydroxyl groups is 1. The topological polar surface area (TPSA) is 101 Å². The van der Waals surface area contributed by atoms with Gasteiger partial charge in [0.2, 0.25) is 6.10 Å². The van der Waals surface area contributed by atoms with E-state index in [1.165, 1.54) is 17.0 Å². The maximum Gasteiger partial charge on any atom is 0.272 e. The highest BCUT2D eigenvalue weighted by molar-refractivity contribution is 6.03. The van der Waals surface area contributed by atoms with Crippen molar-refractivity contribution < 1.29 is 28.6 Å². The molecule has 2 amide bonds. The van der Waals surface area contributed by atoms with Gasteiger partial charge in [-0.1, -0.05) is 48.5 Å². The van der Waals surface area contributed by atoms with Crippen LogP contribution in [0.5, 0.6) is 17.2 Å². The predicted octanol–water partition coefficient (Wildman–Crippen LogP) is 4.52. The van der Waals surface area contributed by atoms with Crippen molar-refractivity contribution in [2.45, 2.75) is 25.6 Å². The molecule has 0 unspecified atom stereocenters. The molecule has 2 N–H and O–H groups in total. The number of nitrogens with zero attached hydrogens (tertiary/aromatic N) is 1. The number of ether oxygens (including phenoxy) is 2. The molecule has 0 saturated heterocycles. The first kappa shape index (κ1) is 24.0. The van der Waals surface area contributed by atoms with Crippen molar-refractivity contribution >= 4 is 17.5 Å². The van der Waals surface area contributed by atoms with E-state index >= 15 is 0 Å². The molecule has 0 bridgehead atoms. The van der Waals surface area contributed by atoms with Crippen LogP contribution in [0.1, 0.15) is 23.1 Å². The van der Waals surface area contributed by atoms with Crippen LogP contribution in [-0.2, 0) is 16.1 Å². The summed E-state index contributed by atoms with van der Waals surface area (Å²) in [6.07, 6.45) is -1.03. The van der Waals surface area contributed by atoms with Crippen molar-refractivity contribution in [3.8, 4) is 17.2 Å². The fourth-order valence-corrected chi connectivity index (χ4v) is 4.20. The van der Waals surface area contributed by atoms with E-state index in [0.717, 1.165) is 5.56 Å². The van der Waals surface area contributed by atoms with Crippen LogP contribution >= 0.6 is 0 Å². The Bertz CT molecular complexity index is 1400. The monoisotopic (exact) mass is 498 g/mol. The van der Waals surface area contributed by atoms with Gasteiger partial charge in [0.1, 0.15) is 23.9 Å². The lowest BCUT2D eigenvalue weighted by atomic mass is 10.1. The molecule has 37 heavy (non-hydrogen) atoms. The molecule has 188 valence electrons. The number of anilines is 1. The molecule has 0 radical (unpaired) electrons. The van der Waals surface area contributed by atoms with Crippen molar-refractivity contribution in [1.82, 2.24) is 5.32 Å². The summed E-state index contributed by atoms with van der Waals surface area (Å²) >= 11 is 0. The van der Waals surface area contributed by atoms with E-state index in [0.29, 0.717) is 22.9 Å². The average molecular weight is 499 g/mol. The Labute approximate surface area is 214 Å². The summed E-state index contributed by atoms with van der Waals surface area (Å²) < 4.78 is 17.6. The van der Waals surface area contributed by atoms with Gasteiger partial charge in [-0.05, 0) is 48.9 Å². The number of phenolic OH excluding ortho intramolecular Hbond substituents is 1. The van der Waals surface area contributed by atoms with Crippen molar-refractivity contribution in [2.24, 2.45) is 0 Å². The number of benzene rings is 3. The SMILES string of the molecule is Cc1ccc([C@H](C(=O)NCc2ccccc2)N(C(=O)[C@H]2COc3ccccc3O2)c2cccc(O)c2)o1. The maximum atomic E-state index is 14.0. The van der Waals surface area contributed by atoms with Crippen LogP contribution in [0, 0.1) is 6.92 Å². The van der Waals surface area contributed by atoms with Gasteiger partial charge in [0.05, 0.1) is 0 Å². The summed E-state index contributed by atoms with van der Waals surface area (Å²) in [7, 11) is 0. The van der Waals surface area contributed by atoms with Gasteiger partial charge in [0.25, 0.3) is 11.8 Å². The molecule has 4 aromatic rings. The standard InChI is InChI=1S/C29H26N2O6/c1-19-14-15-25(36-19)27(28(33)30-17-20-8-3-2-4-9-20)31(21-10-7-11-22(32)16-21)29(34)26-18-35-23-12-5-6-13-24(23)37-26/h2-16,26-27,32H,17-18H2,1H3,(H,30,33)/t26-,27-/m1/s1. The number of amides is 2. The summed E-state index contributed by atoms with van der Waals surface area (Å²) in [4.78, 5) is 29.0. The third kappa shape index (κ3) is 5.28. The van der Waals surface area contributed by atoms with E-state index in [1.807, 2.05) is 36.4 Å². The first-order valence-corrected chi connectivity index (χ1v) is 11.9. The third-order valence-corrected chi connectivity index (χ3v) is 5.98. The Kier molecular flexibility index (Phi) is 6.81. The quantitative estimate of drug-likeness (QED) is 0.388. The van der Waals surface area contributed by atoms with Crippen molar-refractivity contribution in [1.29, 1.82) is 0 Å². The largest absolute Gasteiger partial charge is 0.508 e. The van der Waals surface area contributed by atoms with Crippen LogP contribution in [0.15, 0.2) is 95.4 Å². The minimum absolute atomic E-state index is 0.0410. The highest BCUT2D eigenvalue weighted by Gasteiger charge is 2.40. The number of hydrogen-bond acceptors (Lipinski definition) is 6. The average Bonchev–Trinajstić information content (AvgIpc) is 3.35. The van der Waals surface area contributed by atoms with Gasteiger partial charge in [0.15, 0.2) is 17.5 Å².